The van der Waals surface area contributed by atoms with Crippen molar-refractivity contribution in [2.45, 2.75) is 6.42 Å². The summed E-state index contributed by atoms with van der Waals surface area (Å²) in [5.74, 6) is 0. The highest BCUT2D eigenvalue weighted by molar-refractivity contribution is 5.91. The molecule has 0 saturated carbocycles. The molecule has 2 aromatic rings. The highest BCUT2D eigenvalue weighted by Crippen LogP contribution is 2.26. The van der Waals surface area contributed by atoms with Crippen LogP contribution in [0, 0.1) is 6.92 Å². The Bertz CT molecular complexity index is 550. The zero-order valence-corrected chi connectivity index (χ0v) is 10.3. The molecule has 0 unspecified atom stereocenters. The minimum atomic E-state index is 0.758. The van der Waals surface area contributed by atoms with Crippen molar-refractivity contribution in [3.8, 4) is 0 Å². The molecule has 0 amide bonds. The number of hydrogen-bond donors (Lipinski definition) is 0. The molecule has 18 heavy (non-hydrogen) atoms. The van der Waals surface area contributed by atoms with Gasteiger partial charge < -0.3 is 9.64 Å². The van der Waals surface area contributed by atoms with Crippen LogP contribution in [0.15, 0.2) is 24.7 Å². The van der Waals surface area contributed by atoms with E-state index in [2.05, 4.69) is 27.9 Å². The molecule has 2 aromatic heterocycles. The first-order valence-corrected chi connectivity index (χ1v) is 6.23. The molecule has 1 fully saturated rings. The van der Waals surface area contributed by atoms with Gasteiger partial charge in [-0.05, 0) is 25.0 Å². The number of pyridine rings is 2. The number of hydrogen-bond acceptors (Lipinski definition) is 4. The summed E-state index contributed by atoms with van der Waals surface area (Å²) in [6.45, 7) is 7.29. The Kier molecular flexibility index (Phi) is 3.11. The summed E-state index contributed by atoms with van der Waals surface area (Å²) in [5.41, 5.74) is 3.25. The minimum absolute atomic E-state index is 0.758. The highest BCUT2D eigenvalue weighted by Gasteiger charge is 2.14. The summed E-state index contributed by atoms with van der Waals surface area (Å²) in [5, 5.41) is 1.16. The molecule has 0 bridgehead atoms. The number of aromatic nitrogens is 2. The van der Waals surface area contributed by atoms with Crippen LogP contribution in [0.3, 0.4) is 0 Å². The summed E-state index contributed by atoms with van der Waals surface area (Å²) in [6.07, 6.45) is 6.36. The Hall–Kier alpha value is -1.68. The van der Waals surface area contributed by atoms with E-state index in [1.165, 1.54) is 0 Å². The number of ether oxygens (including phenoxy) is 1. The molecule has 1 saturated heterocycles. The van der Waals surface area contributed by atoms with Crippen molar-refractivity contribution in [2.24, 2.45) is 0 Å². The van der Waals surface area contributed by atoms with E-state index in [0.717, 1.165) is 54.9 Å². The smallest absolute Gasteiger partial charge is 0.0906 e. The molecule has 3 rings (SSSR count). The molecular formula is C14H16N3O. The first kappa shape index (κ1) is 11.4. The largest absolute Gasteiger partial charge is 0.378 e. The lowest BCUT2D eigenvalue weighted by Gasteiger charge is -2.29. The maximum absolute atomic E-state index is 5.39. The molecule has 0 aromatic carbocycles. The Morgan fingerprint density at radius 1 is 1.22 bits per heavy atom. The van der Waals surface area contributed by atoms with Crippen LogP contribution in [0.1, 0.15) is 5.56 Å². The zero-order chi connectivity index (χ0) is 12.4. The van der Waals surface area contributed by atoms with E-state index in [1.54, 1.807) is 0 Å². The summed E-state index contributed by atoms with van der Waals surface area (Å²) >= 11 is 0. The lowest BCUT2D eigenvalue weighted by Crippen LogP contribution is -2.36. The van der Waals surface area contributed by atoms with Gasteiger partial charge in [-0.2, -0.15) is 0 Å². The molecule has 93 valence electrons. The SMILES string of the molecule is [CH2]Cc1cnc2cncc(N3CCOCC3)c2c1. The third kappa shape index (κ3) is 2.04. The Balaban J connectivity index is 2.09. The van der Waals surface area contributed by atoms with Gasteiger partial charge in [0, 0.05) is 24.7 Å². The van der Waals surface area contributed by atoms with Crippen molar-refractivity contribution >= 4 is 16.6 Å². The highest BCUT2D eigenvalue weighted by atomic mass is 16.5. The summed E-state index contributed by atoms with van der Waals surface area (Å²) in [6, 6.07) is 2.17. The van der Waals surface area contributed by atoms with Crippen molar-refractivity contribution in [3.05, 3.63) is 37.1 Å². The average Bonchev–Trinajstić information content (AvgIpc) is 2.47. The third-order valence-electron chi connectivity index (χ3n) is 3.29. The second-order valence-corrected chi connectivity index (χ2v) is 4.42. The molecular weight excluding hydrogens is 226 g/mol. The number of nitrogens with zero attached hydrogens (tertiary/aromatic N) is 3. The van der Waals surface area contributed by atoms with Crippen LogP contribution in [0.4, 0.5) is 5.69 Å². The number of rotatable bonds is 2. The van der Waals surface area contributed by atoms with Gasteiger partial charge in [-0.15, -0.1) is 0 Å². The zero-order valence-electron chi connectivity index (χ0n) is 10.3. The van der Waals surface area contributed by atoms with Crippen molar-refractivity contribution in [1.29, 1.82) is 0 Å². The van der Waals surface area contributed by atoms with Gasteiger partial charge in [-0.1, -0.05) is 0 Å². The molecule has 0 atom stereocenters. The summed E-state index contributed by atoms with van der Waals surface area (Å²) in [7, 11) is 0. The normalized spacial score (nSPS) is 16.2. The molecule has 4 heteroatoms. The van der Waals surface area contributed by atoms with Crippen LogP contribution in [0.2, 0.25) is 0 Å². The standard InChI is InChI=1S/C14H16N3O/c1-2-11-7-12-13(16-8-11)9-15-10-14(12)17-3-5-18-6-4-17/h7-10H,1-6H2. The Morgan fingerprint density at radius 3 is 2.83 bits per heavy atom. The summed E-state index contributed by atoms with van der Waals surface area (Å²) in [4.78, 5) is 11.0. The average molecular weight is 242 g/mol. The maximum Gasteiger partial charge on any atom is 0.0906 e. The van der Waals surface area contributed by atoms with Crippen LogP contribution in [0.25, 0.3) is 10.9 Å². The third-order valence-corrected chi connectivity index (χ3v) is 3.29. The molecule has 0 N–H and O–H groups in total. The monoisotopic (exact) mass is 242 g/mol. The first-order valence-electron chi connectivity index (χ1n) is 6.23. The lowest BCUT2D eigenvalue weighted by molar-refractivity contribution is 0.123. The van der Waals surface area contributed by atoms with Gasteiger partial charge in [0.15, 0.2) is 0 Å². The van der Waals surface area contributed by atoms with Gasteiger partial charge in [0.05, 0.1) is 36.8 Å². The van der Waals surface area contributed by atoms with E-state index in [0.29, 0.717) is 0 Å². The summed E-state index contributed by atoms with van der Waals surface area (Å²) < 4.78 is 5.39. The lowest BCUT2D eigenvalue weighted by atomic mass is 10.1. The van der Waals surface area contributed by atoms with E-state index in [4.69, 9.17) is 4.74 Å². The number of morpholine rings is 1. The van der Waals surface area contributed by atoms with E-state index in [-0.39, 0.29) is 0 Å². The fourth-order valence-corrected chi connectivity index (χ4v) is 2.27. The van der Waals surface area contributed by atoms with Gasteiger partial charge in [0.2, 0.25) is 0 Å². The van der Waals surface area contributed by atoms with E-state index in [1.807, 2.05) is 18.6 Å². The topological polar surface area (TPSA) is 38.2 Å². The van der Waals surface area contributed by atoms with E-state index < -0.39 is 0 Å². The fraction of sp³-hybridized carbons (Fsp3) is 0.357. The van der Waals surface area contributed by atoms with E-state index in [9.17, 15) is 0 Å². The molecule has 1 radical (unpaired) electrons. The Morgan fingerprint density at radius 2 is 2.06 bits per heavy atom. The molecule has 1 aliphatic rings. The van der Waals surface area contributed by atoms with Crippen molar-refractivity contribution < 1.29 is 4.74 Å². The Labute approximate surface area is 107 Å². The van der Waals surface area contributed by atoms with Crippen molar-refractivity contribution in [3.63, 3.8) is 0 Å². The molecule has 3 heterocycles. The van der Waals surface area contributed by atoms with E-state index >= 15 is 0 Å². The number of anilines is 1. The second kappa shape index (κ2) is 4.90. The van der Waals surface area contributed by atoms with Crippen LogP contribution >= 0.6 is 0 Å². The van der Waals surface area contributed by atoms with Gasteiger partial charge in [0.1, 0.15) is 0 Å². The first-order chi connectivity index (χ1) is 8.88. The molecule has 4 nitrogen and oxygen atoms in total. The quantitative estimate of drug-likeness (QED) is 0.805. The maximum atomic E-state index is 5.39. The fourth-order valence-electron chi connectivity index (χ4n) is 2.27. The van der Waals surface area contributed by atoms with Crippen LogP contribution in [-0.2, 0) is 11.2 Å². The molecule has 1 aliphatic heterocycles. The van der Waals surface area contributed by atoms with Crippen LogP contribution in [0.5, 0.6) is 0 Å². The van der Waals surface area contributed by atoms with Crippen LogP contribution in [-0.4, -0.2) is 36.3 Å². The predicted octanol–water partition coefficient (Wildman–Crippen LogP) is 1.84. The molecule has 0 spiro atoms. The predicted molar refractivity (Wildman–Crippen MR) is 71.6 cm³/mol. The molecule has 0 aliphatic carbocycles. The van der Waals surface area contributed by atoms with Crippen LogP contribution < -0.4 is 4.90 Å². The number of fused-ring (bicyclic) bond motifs is 1. The van der Waals surface area contributed by atoms with Gasteiger partial charge in [-0.3, -0.25) is 9.97 Å². The second-order valence-electron chi connectivity index (χ2n) is 4.42. The minimum Gasteiger partial charge on any atom is -0.378 e. The van der Waals surface area contributed by atoms with Gasteiger partial charge in [0.25, 0.3) is 0 Å². The van der Waals surface area contributed by atoms with Gasteiger partial charge in [-0.25, -0.2) is 0 Å². The van der Waals surface area contributed by atoms with Crippen molar-refractivity contribution in [2.75, 3.05) is 31.2 Å². The van der Waals surface area contributed by atoms with Gasteiger partial charge >= 0.3 is 0 Å². The van der Waals surface area contributed by atoms with Crippen molar-refractivity contribution in [1.82, 2.24) is 9.97 Å².